The Morgan fingerprint density at radius 3 is 1.53 bits per heavy atom. The van der Waals surface area contributed by atoms with Crippen molar-refractivity contribution >= 4 is 95.3 Å². The molecule has 0 bridgehead atoms. The van der Waals surface area contributed by atoms with E-state index in [1.54, 1.807) is 0 Å². The Bertz CT molecular complexity index is 2770. The first kappa shape index (κ1) is 25.3. The molecule has 0 fully saturated rings. The number of rotatable bonds is 2. The molecule has 45 heavy (non-hydrogen) atoms. The zero-order valence-corrected chi connectivity index (χ0v) is 26.2. The molecule has 210 valence electrons. The Labute approximate surface area is 268 Å². The molecule has 0 unspecified atom stereocenters. The molecule has 0 radical (unpaired) electrons. The highest BCUT2D eigenvalue weighted by Gasteiger charge is 2.22. The van der Waals surface area contributed by atoms with E-state index in [4.69, 9.17) is 0 Å². The predicted octanol–water partition coefficient (Wildman–Crippen LogP) is 13.5. The van der Waals surface area contributed by atoms with E-state index in [1.807, 2.05) is 22.7 Å². The Balaban J connectivity index is 1.44. The molecule has 0 spiro atoms. The van der Waals surface area contributed by atoms with Crippen LogP contribution in [0.15, 0.2) is 140 Å². The van der Waals surface area contributed by atoms with Crippen molar-refractivity contribution in [2.45, 2.75) is 6.92 Å². The van der Waals surface area contributed by atoms with Crippen molar-refractivity contribution in [2.75, 3.05) is 0 Å². The maximum atomic E-state index is 2.49. The van der Waals surface area contributed by atoms with Crippen LogP contribution in [-0.2, 0) is 0 Å². The largest absolute Gasteiger partial charge is 0.135 e. The average molecular weight is 607 g/mol. The molecule has 0 aliphatic heterocycles. The number of hydrogen-bond donors (Lipinski definition) is 0. The smallest absolute Gasteiger partial charge is 0.0440 e. The minimum atomic E-state index is 1.30. The molecule has 2 heteroatoms. The van der Waals surface area contributed by atoms with Crippen molar-refractivity contribution in [2.24, 2.45) is 0 Å². The van der Waals surface area contributed by atoms with Crippen molar-refractivity contribution in [3.05, 3.63) is 145 Å². The van der Waals surface area contributed by atoms with Gasteiger partial charge < -0.3 is 0 Å². The zero-order valence-electron chi connectivity index (χ0n) is 24.6. The molecule has 0 atom stereocenters. The molecule has 8 aromatic carbocycles. The Morgan fingerprint density at radius 2 is 0.889 bits per heavy atom. The lowest BCUT2D eigenvalue weighted by atomic mass is 9.84. The fourth-order valence-electron chi connectivity index (χ4n) is 7.67. The third-order valence-corrected chi connectivity index (χ3v) is 11.9. The summed E-state index contributed by atoms with van der Waals surface area (Å²) in [5, 5.41) is 13.3. The van der Waals surface area contributed by atoms with Crippen molar-refractivity contribution in [3.8, 4) is 22.3 Å². The molecule has 0 nitrogen and oxygen atoms in total. The normalized spacial score (nSPS) is 12.1. The number of fused-ring (bicyclic) bond motifs is 11. The fourth-order valence-corrected chi connectivity index (χ4v) is 10.0. The van der Waals surface area contributed by atoms with Crippen molar-refractivity contribution in [1.82, 2.24) is 0 Å². The summed E-state index contributed by atoms with van der Waals surface area (Å²) in [5.74, 6) is 0. The van der Waals surface area contributed by atoms with Gasteiger partial charge in [0.05, 0.1) is 0 Å². The molecule has 2 heterocycles. The van der Waals surface area contributed by atoms with Gasteiger partial charge in [0.15, 0.2) is 0 Å². The second-order valence-electron chi connectivity index (χ2n) is 12.0. The maximum Gasteiger partial charge on any atom is 0.0440 e. The molecule has 0 saturated carbocycles. The van der Waals surface area contributed by atoms with Crippen LogP contribution in [0.2, 0.25) is 0 Å². The summed E-state index contributed by atoms with van der Waals surface area (Å²) >= 11 is 3.84. The molecular formula is C43H26S2. The average Bonchev–Trinajstić information content (AvgIpc) is 3.66. The standard InChI is InChI=1S/C43H26S2/c1-25-12-2-3-13-27(25)39-28-14-4-6-16-30(28)40(31-17-7-5-15-29(31)39)34-24-26-22-23-37-41(32-18-8-10-20-35(32)44-37)38(26)42-33-19-9-11-21-36(33)45-43(34)42/h2-24H,1H3. The van der Waals surface area contributed by atoms with Crippen LogP contribution in [0.4, 0.5) is 0 Å². The van der Waals surface area contributed by atoms with Crippen LogP contribution in [0.1, 0.15) is 5.56 Å². The van der Waals surface area contributed by atoms with Crippen LogP contribution >= 0.6 is 22.7 Å². The Kier molecular flexibility index (Phi) is 5.34. The van der Waals surface area contributed by atoms with E-state index in [1.165, 1.54) is 100 Å². The van der Waals surface area contributed by atoms with Crippen molar-refractivity contribution in [3.63, 3.8) is 0 Å². The molecule has 0 amide bonds. The minimum absolute atomic E-state index is 1.30. The van der Waals surface area contributed by atoms with Gasteiger partial charge in [0.25, 0.3) is 0 Å². The highest BCUT2D eigenvalue weighted by Crippen LogP contribution is 2.52. The number of aryl methyl sites for hydroxylation is 1. The summed E-state index contributed by atoms with van der Waals surface area (Å²) in [7, 11) is 0. The summed E-state index contributed by atoms with van der Waals surface area (Å²) in [6.45, 7) is 2.23. The van der Waals surface area contributed by atoms with Gasteiger partial charge in [-0.1, -0.05) is 115 Å². The first-order valence-electron chi connectivity index (χ1n) is 15.4. The topological polar surface area (TPSA) is 0 Å². The van der Waals surface area contributed by atoms with Gasteiger partial charge in [-0.15, -0.1) is 22.7 Å². The molecule has 10 rings (SSSR count). The van der Waals surface area contributed by atoms with E-state index in [2.05, 4.69) is 146 Å². The first-order valence-corrected chi connectivity index (χ1v) is 17.1. The van der Waals surface area contributed by atoms with Crippen LogP contribution in [0.5, 0.6) is 0 Å². The van der Waals surface area contributed by atoms with E-state index in [0.29, 0.717) is 0 Å². The molecule has 0 aliphatic rings. The summed E-state index contributed by atoms with van der Waals surface area (Å²) in [4.78, 5) is 0. The molecule has 2 aromatic heterocycles. The second-order valence-corrected chi connectivity index (χ2v) is 14.2. The maximum absolute atomic E-state index is 2.49. The van der Waals surface area contributed by atoms with Crippen molar-refractivity contribution < 1.29 is 0 Å². The summed E-state index contributed by atoms with van der Waals surface area (Å²) < 4.78 is 5.40. The monoisotopic (exact) mass is 606 g/mol. The Hall–Kier alpha value is -5.02. The fraction of sp³-hybridized carbons (Fsp3) is 0.0233. The summed E-state index contributed by atoms with van der Waals surface area (Å²) in [5.41, 5.74) is 6.57. The quantitative estimate of drug-likeness (QED) is 0.172. The highest BCUT2D eigenvalue weighted by molar-refractivity contribution is 7.27. The Morgan fingerprint density at radius 1 is 0.378 bits per heavy atom. The molecule has 10 aromatic rings. The van der Waals surface area contributed by atoms with Crippen LogP contribution in [0.25, 0.3) is 94.9 Å². The van der Waals surface area contributed by atoms with Gasteiger partial charge in [-0.25, -0.2) is 0 Å². The molecule has 0 aliphatic carbocycles. The van der Waals surface area contributed by atoms with Crippen LogP contribution < -0.4 is 0 Å². The molecule has 0 saturated heterocycles. The lowest BCUT2D eigenvalue weighted by Crippen LogP contribution is -1.92. The predicted molar refractivity (Wildman–Crippen MR) is 200 cm³/mol. The van der Waals surface area contributed by atoms with Gasteiger partial charge in [-0.3, -0.25) is 0 Å². The highest BCUT2D eigenvalue weighted by atomic mass is 32.1. The number of thiophene rings is 2. The zero-order chi connectivity index (χ0) is 29.6. The number of benzene rings is 8. The van der Waals surface area contributed by atoms with E-state index in [9.17, 15) is 0 Å². The first-order chi connectivity index (χ1) is 22.3. The van der Waals surface area contributed by atoms with Crippen LogP contribution in [0.3, 0.4) is 0 Å². The van der Waals surface area contributed by atoms with Gasteiger partial charge in [-0.05, 0) is 80.4 Å². The van der Waals surface area contributed by atoms with Gasteiger partial charge in [0, 0.05) is 51.3 Å². The second kappa shape index (κ2) is 9.49. The van der Waals surface area contributed by atoms with Gasteiger partial charge in [-0.2, -0.15) is 0 Å². The SMILES string of the molecule is Cc1ccccc1-c1c2ccccc2c(-c2cc3ccc4sc5ccccc5c4c3c3c2sc2ccccc23)c2ccccc12. The van der Waals surface area contributed by atoms with E-state index in [-0.39, 0.29) is 0 Å². The van der Waals surface area contributed by atoms with Crippen LogP contribution in [-0.4, -0.2) is 0 Å². The number of hydrogen-bond acceptors (Lipinski definition) is 2. The van der Waals surface area contributed by atoms with E-state index < -0.39 is 0 Å². The van der Waals surface area contributed by atoms with Crippen LogP contribution in [0, 0.1) is 6.92 Å². The lowest BCUT2D eigenvalue weighted by molar-refractivity contribution is 1.47. The summed E-state index contributed by atoms with van der Waals surface area (Å²) in [6, 6.07) is 51.9. The lowest BCUT2D eigenvalue weighted by Gasteiger charge is -2.19. The van der Waals surface area contributed by atoms with Crippen molar-refractivity contribution in [1.29, 1.82) is 0 Å². The van der Waals surface area contributed by atoms with E-state index >= 15 is 0 Å². The third kappa shape index (κ3) is 3.52. The minimum Gasteiger partial charge on any atom is -0.135 e. The van der Waals surface area contributed by atoms with Gasteiger partial charge in [0.2, 0.25) is 0 Å². The summed E-state index contributed by atoms with van der Waals surface area (Å²) in [6.07, 6.45) is 0. The van der Waals surface area contributed by atoms with E-state index in [0.717, 1.165) is 0 Å². The third-order valence-electron chi connectivity index (χ3n) is 9.58. The molecular weight excluding hydrogens is 581 g/mol. The molecule has 0 N–H and O–H groups in total. The van der Waals surface area contributed by atoms with Gasteiger partial charge >= 0.3 is 0 Å². The van der Waals surface area contributed by atoms with Gasteiger partial charge in [0.1, 0.15) is 0 Å².